The summed E-state index contributed by atoms with van der Waals surface area (Å²) in [6.45, 7) is 1.89. The Morgan fingerprint density at radius 2 is 2.00 bits per heavy atom. The quantitative estimate of drug-likeness (QED) is 0.807. The number of rotatable bonds is 5. The zero-order chi connectivity index (χ0) is 11.3. The van der Waals surface area contributed by atoms with Crippen LogP contribution in [0.5, 0.6) is 5.75 Å². The lowest BCUT2D eigenvalue weighted by molar-refractivity contribution is -0.141. The van der Waals surface area contributed by atoms with E-state index in [9.17, 15) is 4.79 Å². The predicted octanol–water partition coefficient (Wildman–Crippen LogP) is 2.35. The Balaban J connectivity index is 2.67. The molecule has 3 nitrogen and oxygen atoms in total. The van der Waals surface area contributed by atoms with E-state index in [1.165, 1.54) is 0 Å². The maximum atomic E-state index is 10.8. The van der Waals surface area contributed by atoms with Crippen LogP contribution in [0.15, 0.2) is 24.3 Å². The van der Waals surface area contributed by atoms with Gasteiger partial charge >= 0.3 is 5.97 Å². The third-order valence-corrected chi connectivity index (χ3v) is 2.48. The van der Waals surface area contributed by atoms with Gasteiger partial charge in [0.1, 0.15) is 5.75 Å². The van der Waals surface area contributed by atoms with Crippen LogP contribution in [0.25, 0.3) is 0 Å². The monoisotopic (exact) mass is 208 g/mol. The highest BCUT2D eigenvalue weighted by molar-refractivity contribution is 5.70. The molecule has 1 rings (SSSR count). The fourth-order valence-corrected chi connectivity index (χ4v) is 1.45. The molecule has 1 atom stereocenters. The molecule has 0 radical (unpaired) electrons. The minimum Gasteiger partial charge on any atom is -0.497 e. The van der Waals surface area contributed by atoms with E-state index < -0.39 is 5.97 Å². The molecule has 0 saturated heterocycles. The number of hydrogen-bond donors (Lipinski definition) is 1. The van der Waals surface area contributed by atoms with E-state index in [0.29, 0.717) is 12.8 Å². The molecule has 0 amide bonds. The number of carboxylic acids is 1. The van der Waals surface area contributed by atoms with Gasteiger partial charge in [-0.25, -0.2) is 0 Å². The molecule has 0 saturated carbocycles. The standard InChI is InChI=1S/C12H16O3/c1-3-10(12(13)14)8-9-4-6-11(15-2)7-5-9/h4-7,10H,3,8H2,1-2H3,(H,13,14)/t10-/m0/s1. The first-order valence-electron chi connectivity index (χ1n) is 5.03. The van der Waals surface area contributed by atoms with Gasteiger partial charge in [0.15, 0.2) is 0 Å². The molecule has 1 aromatic rings. The Morgan fingerprint density at radius 3 is 2.40 bits per heavy atom. The van der Waals surface area contributed by atoms with Gasteiger partial charge < -0.3 is 9.84 Å². The van der Waals surface area contributed by atoms with Gasteiger partial charge in [-0.1, -0.05) is 19.1 Å². The van der Waals surface area contributed by atoms with Crippen molar-refractivity contribution in [3.8, 4) is 5.75 Å². The Kier molecular flexibility index (Phi) is 4.16. The van der Waals surface area contributed by atoms with Crippen LogP contribution < -0.4 is 4.74 Å². The van der Waals surface area contributed by atoms with Gasteiger partial charge in [0.05, 0.1) is 13.0 Å². The van der Waals surface area contributed by atoms with E-state index in [0.717, 1.165) is 11.3 Å². The fraction of sp³-hybridized carbons (Fsp3) is 0.417. The van der Waals surface area contributed by atoms with E-state index in [-0.39, 0.29) is 5.92 Å². The summed E-state index contributed by atoms with van der Waals surface area (Å²) >= 11 is 0. The number of carboxylic acid groups (broad SMARTS) is 1. The molecule has 0 heterocycles. The number of methoxy groups -OCH3 is 1. The predicted molar refractivity (Wildman–Crippen MR) is 58.1 cm³/mol. The Hall–Kier alpha value is -1.51. The van der Waals surface area contributed by atoms with Crippen molar-refractivity contribution >= 4 is 5.97 Å². The first-order chi connectivity index (χ1) is 7.17. The number of hydrogen-bond acceptors (Lipinski definition) is 2. The average molecular weight is 208 g/mol. The van der Waals surface area contributed by atoms with E-state index in [2.05, 4.69) is 0 Å². The molecule has 0 unspecified atom stereocenters. The van der Waals surface area contributed by atoms with Gasteiger partial charge in [0.25, 0.3) is 0 Å². The van der Waals surface area contributed by atoms with E-state index in [1.807, 2.05) is 31.2 Å². The normalized spacial score (nSPS) is 12.1. The first kappa shape index (κ1) is 11.6. The van der Waals surface area contributed by atoms with Crippen molar-refractivity contribution in [1.82, 2.24) is 0 Å². The molecule has 1 N–H and O–H groups in total. The summed E-state index contributed by atoms with van der Waals surface area (Å²) in [6, 6.07) is 7.52. The molecule has 0 spiro atoms. The van der Waals surface area contributed by atoms with Crippen LogP contribution in [0.1, 0.15) is 18.9 Å². The topological polar surface area (TPSA) is 46.5 Å². The second kappa shape index (κ2) is 5.39. The zero-order valence-corrected chi connectivity index (χ0v) is 9.06. The Labute approximate surface area is 89.7 Å². The minimum atomic E-state index is -0.728. The second-order valence-corrected chi connectivity index (χ2v) is 3.50. The molecule has 15 heavy (non-hydrogen) atoms. The molecule has 0 fully saturated rings. The number of carbonyl (C=O) groups is 1. The third kappa shape index (κ3) is 3.27. The van der Waals surface area contributed by atoms with Crippen LogP contribution >= 0.6 is 0 Å². The van der Waals surface area contributed by atoms with Crippen LogP contribution in [-0.4, -0.2) is 18.2 Å². The number of ether oxygens (including phenoxy) is 1. The summed E-state index contributed by atoms with van der Waals surface area (Å²) in [4.78, 5) is 10.8. The summed E-state index contributed by atoms with van der Waals surface area (Å²) in [7, 11) is 1.61. The Bertz CT molecular complexity index is 316. The molecular weight excluding hydrogens is 192 g/mol. The molecule has 1 aromatic carbocycles. The lowest BCUT2D eigenvalue weighted by Gasteiger charge is -2.09. The van der Waals surface area contributed by atoms with Crippen LogP contribution in [0.3, 0.4) is 0 Å². The highest BCUT2D eigenvalue weighted by atomic mass is 16.5. The number of aliphatic carboxylic acids is 1. The molecule has 82 valence electrons. The molecule has 0 aliphatic heterocycles. The minimum absolute atomic E-state index is 0.293. The number of benzene rings is 1. The van der Waals surface area contributed by atoms with Crippen molar-refractivity contribution in [3.05, 3.63) is 29.8 Å². The highest BCUT2D eigenvalue weighted by Crippen LogP contribution is 2.16. The van der Waals surface area contributed by atoms with E-state index in [1.54, 1.807) is 7.11 Å². The van der Waals surface area contributed by atoms with Crippen LogP contribution in [0.2, 0.25) is 0 Å². The van der Waals surface area contributed by atoms with E-state index in [4.69, 9.17) is 9.84 Å². The van der Waals surface area contributed by atoms with Crippen molar-refractivity contribution in [1.29, 1.82) is 0 Å². The lowest BCUT2D eigenvalue weighted by Crippen LogP contribution is -2.15. The average Bonchev–Trinajstić information content (AvgIpc) is 2.26. The van der Waals surface area contributed by atoms with E-state index >= 15 is 0 Å². The van der Waals surface area contributed by atoms with Gasteiger partial charge in [-0.3, -0.25) is 4.79 Å². The first-order valence-corrected chi connectivity index (χ1v) is 5.03. The van der Waals surface area contributed by atoms with Gasteiger partial charge in [0, 0.05) is 0 Å². The van der Waals surface area contributed by atoms with Gasteiger partial charge in [-0.15, -0.1) is 0 Å². The largest absolute Gasteiger partial charge is 0.497 e. The lowest BCUT2D eigenvalue weighted by atomic mass is 9.97. The van der Waals surface area contributed by atoms with Crippen LogP contribution in [0, 0.1) is 5.92 Å². The SMILES string of the molecule is CC[C@@H](Cc1ccc(OC)cc1)C(=O)O. The molecule has 3 heteroatoms. The third-order valence-electron chi connectivity index (χ3n) is 2.48. The maximum absolute atomic E-state index is 10.8. The highest BCUT2D eigenvalue weighted by Gasteiger charge is 2.15. The second-order valence-electron chi connectivity index (χ2n) is 3.50. The summed E-state index contributed by atoms with van der Waals surface area (Å²) < 4.78 is 5.03. The van der Waals surface area contributed by atoms with Crippen molar-refractivity contribution in [3.63, 3.8) is 0 Å². The summed E-state index contributed by atoms with van der Waals surface area (Å²) in [6.07, 6.45) is 1.23. The maximum Gasteiger partial charge on any atom is 0.306 e. The van der Waals surface area contributed by atoms with Crippen molar-refractivity contribution in [2.24, 2.45) is 5.92 Å². The fourth-order valence-electron chi connectivity index (χ4n) is 1.45. The van der Waals surface area contributed by atoms with Gasteiger partial charge in [-0.05, 0) is 30.5 Å². The smallest absolute Gasteiger partial charge is 0.306 e. The van der Waals surface area contributed by atoms with Crippen LogP contribution in [-0.2, 0) is 11.2 Å². The van der Waals surface area contributed by atoms with Crippen molar-refractivity contribution in [2.75, 3.05) is 7.11 Å². The molecule has 0 aliphatic rings. The van der Waals surface area contributed by atoms with Crippen molar-refractivity contribution in [2.45, 2.75) is 19.8 Å². The van der Waals surface area contributed by atoms with Crippen molar-refractivity contribution < 1.29 is 14.6 Å². The van der Waals surface area contributed by atoms with Gasteiger partial charge in [-0.2, -0.15) is 0 Å². The zero-order valence-electron chi connectivity index (χ0n) is 9.06. The van der Waals surface area contributed by atoms with Crippen LogP contribution in [0.4, 0.5) is 0 Å². The summed E-state index contributed by atoms with van der Waals surface area (Å²) in [5, 5.41) is 8.91. The molecule has 0 aromatic heterocycles. The molecule has 0 bridgehead atoms. The van der Waals surface area contributed by atoms with Gasteiger partial charge in [0.2, 0.25) is 0 Å². The molecule has 0 aliphatic carbocycles. The summed E-state index contributed by atoms with van der Waals surface area (Å²) in [5.74, 6) is -0.228. The Morgan fingerprint density at radius 1 is 1.40 bits per heavy atom. The summed E-state index contributed by atoms with van der Waals surface area (Å²) in [5.41, 5.74) is 1.03. The molecular formula is C12H16O3.